The predicted octanol–water partition coefficient (Wildman–Crippen LogP) is 1.62. The molecule has 98 valence electrons. The van der Waals surface area contributed by atoms with Gasteiger partial charge >= 0.3 is 0 Å². The standard InChI is InChI=1S/C13H13N3O2S/c14-6-8-18-15-12-13(17)16(7-9-19-12)10-11-4-2-1-3-5-11/h1-5H,7-10H2/b15-12+. The molecule has 0 atom stereocenters. The fourth-order valence-corrected chi connectivity index (χ4v) is 2.55. The van der Waals surface area contributed by atoms with Gasteiger partial charge < -0.3 is 9.74 Å². The Morgan fingerprint density at radius 1 is 1.42 bits per heavy atom. The second-order valence-corrected chi connectivity index (χ2v) is 4.97. The number of nitrogens with zero attached hydrogens (tertiary/aromatic N) is 3. The number of carbonyl (C=O) groups excluding carboxylic acids is 1. The fraction of sp³-hybridized carbons (Fsp3) is 0.308. The number of hydrogen-bond donors (Lipinski definition) is 0. The van der Waals surface area contributed by atoms with Crippen LogP contribution < -0.4 is 0 Å². The molecule has 0 N–H and O–H groups in total. The maximum absolute atomic E-state index is 12.1. The van der Waals surface area contributed by atoms with Crippen LogP contribution in [-0.2, 0) is 16.2 Å². The van der Waals surface area contributed by atoms with E-state index in [1.54, 1.807) is 4.90 Å². The summed E-state index contributed by atoms with van der Waals surface area (Å²) in [5, 5.41) is 12.4. The van der Waals surface area contributed by atoms with Crippen LogP contribution in [0.3, 0.4) is 0 Å². The van der Waals surface area contributed by atoms with Gasteiger partial charge in [-0.15, -0.1) is 0 Å². The summed E-state index contributed by atoms with van der Waals surface area (Å²) in [7, 11) is 0. The Kier molecular flexibility index (Phi) is 4.81. The van der Waals surface area contributed by atoms with E-state index in [0.717, 1.165) is 11.3 Å². The lowest BCUT2D eigenvalue weighted by atomic mass is 10.2. The van der Waals surface area contributed by atoms with Crippen molar-refractivity contribution in [1.29, 1.82) is 5.26 Å². The van der Waals surface area contributed by atoms with E-state index >= 15 is 0 Å². The van der Waals surface area contributed by atoms with Crippen molar-refractivity contribution in [3.63, 3.8) is 0 Å². The Morgan fingerprint density at radius 2 is 2.21 bits per heavy atom. The second kappa shape index (κ2) is 6.81. The number of rotatable bonds is 4. The van der Waals surface area contributed by atoms with Crippen LogP contribution in [0, 0.1) is 11.3 Å². The SMILES string of the molecule is N#CCO/N=C1/SCCN(Cc2ccccc2)C1=O. The van der Waals surface area contributed by atoms with Gasteiger partial charge in [0.1, 0.15) is 6.07 Å². The molecule has 2 rings (SSSR count). The molecule has 1 heterocycles. The highest BCUT2D eigenvalue weighted by molar-refractivity contribution is 8.15. The summed E-state index contributed by atoms with van der Waals surface area (Å²) in [5.41, 5.74) is 1.08. The number of thioether (sulfide) groups is 1. The third-order valence-corrected chi connectivity index (χ3v) is 3.47. The van der Waals surface area contributed by atoms with E-state index in [9.17, 15) is 4.79 Å². The molecule has 1 amide bonds. The van der Waals surface area contributed by atoms with E-state index in [1.165, 1.54) is 11.8 Å². The molecule has 6 heteroatoms. The highest BCUT2D eigenvalue weighted by Crippen LogP contribution is 2.17. The Labute approximate surface area is 115 Å². The second-order valence-electron chi connectivity index (χ2n) is 3.89. The van der Waals surface area contributed by atoms with Gasteiger partial charge in [0.25, 0.3) is 5.91 Å². The zero-order chi connectivity index (χ0) is 13.5. The quantitative estimate of drug-likeness (QED) is 0.618. The summed E-state index contributed by atoms with van der Waals surface area (Å²) >= 11 is 1.36. The first-order valence-corrected chi connectivity index (χ1v) is 6.82. The van der Waals surface area contributed by atoms with Gasteiger partial charge in [-0.2, -0.15) is 5.26 Å². The molecule has 1 aliphatic heterocycles. The average Bonchev–Trinajstić information content (AvgIpc) is 2.44. The Morgan fingerprint density at radius 3 is 2.95 bits per heavy atom. The van der Waals surface area contributed by atoms with Crippen molar-refractivity contribution in [2.45, 2.75) is 6.54 Å². The molecule has 1 aromatic rings. The van der Waals surface area contributed by atoms with E-state index in [-0.39, 0.29) is 12.5 Å². The molecule has 1 aromatic carbocycles. The minimum atomic E-state index is -0.143. The summed E-state index contributed by atoms with van der Waals surface area (Å²) in [6.45, 7) is 1.11. The van der Waals surface area contributed by atoms with Crippen molar-refractivity contribution < 1.29 is 9.63 Å². The molecule has 0 bridgehead atoms. The van der Waals surface area contributed by atoms with Gasteiger partial charge in [-0.05, 0) is 5.56 Å². The number of benzene rings is 1. The lowest BCUT2D eigenvalue weighted by Gasteiger charge is -2.26. The highest BCUT2D eigenvalue weighted by atomic mass is 32.2. The van der Waals surface area contributed by atoms with Crippen LogP contribution >= 0.6 is 11.8 Å². The molecule has 0 unspecified atom stereocenters. The van der Waals surface area contributed by atoms with Crippen LogP contribution in [0.25, 0.3) is 0 Å². The third-order valence-electron chi connectivity index (χ3n) is 2.56. The molecule has 1 aliphatic rings. The topological polar surface area (TPSA) is 65.7 Å². The summed E-state index contributed by atoms with van der Waals surface area (Å²) < 4.78 is 0. The first-order chi connectivity index (χ1) is 9.31. The molecule has 5 nitrogen and oxygen atoms in total. The monoisotopic (exact) mass is 275 g/mol. The number of amides is 1. The normalized spacial score (nSPS) is 17.3. The molecule has 19 heavy (non-hydrogen) atoms. The molecule has 0 aromatic heterocycles. The Hall–Kier alpha value is -2.00. The highest BCUT2D eigenvalue weighted by Gasteiger charge is 2.26. The lowest BCUT2D eigenvalue weighted by Crippen LogP contribution is -2.40. The summed E-state index contributed by atoms with van der Waals surface area (Å²) in [5.74, 6) is 0.644. The van der Waals surface area contributed by atoms with E-state index in [1.807, 2.05) is 36.4 Å². The molecule has 0 saturated carbocycles. The van der Waals surface area contributed by atoms with Gasteiger partial charge in [0, 0.05) is 18.8 Å². The maximum atomic E-state index is 12.1. The summed E-state index contributed by atoms with van der Waals surface area (Å²) in [6, 6.07) is 11.6. The van der Waals surface area contributed by atoms with Crippen molar-refractivity contribution in [3.8, 4) is 6.07 Å². The number of nitriles is 1. The third kappa shape index (κ3) is 3.73. The smallest absolute Gasteiger partial charge is 0.282 e. The van der Waals surface area contributed by atoms with Crippen molar-refractivity contribution in [2.24, 2.45) is 5.16 Å². The first kappa shape index (κ1) is 13.4. The van der Waals surface area contributed by atoms with E-state index < -0.39 is 0 Å². The van der Waals surface area contributed by atoms with Crippen LogP contribution in [0.4, 0.5) is 0 Å². The molecule has 1 fully saturated rings. The lowest BCUT2D eigenvalue weighted by molar-refractivity contribution is -0.124. The molecule has 0 aliphatic carbocycles. The van der Waals surface area contributed by atoms with Gasteiger partial charge in [0.05, 0.1) is 0 Å². The Bertz CT molecular complexity index is 510. The van der Waals surface area contributed by atoms with Crippen molar-refractivity contribution >= 4 is 22.7 Å². The number of carbonyl (C=O) groups is 1. The van der Waals surface area contributed by atoms with Crippen LogP contribution in [0.5, 0.6) is 0 Å². The molecular weight excluding hydrogens is 262 g/mol. The fourth-order valence-electron chi connectivity index (χ4n) is 1.69. The molecule has 0 radical (unpaired) electrons. The van der Waals surface area contributed by atoms with Crippen LogP contribution in [-0.4, -0.2) is 34.8 Å². The van der Waals surface area contributed by atoms with Crippen molar-refractivity contribution in [1.82, 2.24) is 4.90 Å². The van der Waals surface area contributed by atoms with Crippen molar-refractivity contribution in [3.05, 3.63) is 35.9 Å². The van der Waals surface area contributed by atoms with Gasteiger partial charge in [0.15, 0.2) is 0 Å². The largest absolute Gasteiger partial charge is 0.379 e. The minimum absolute atomic E-state index is 0.141. The Balaban J connectivity index is 2.00. The number of hydrogen-bond acceptors (Lipinski definition) is 5. The first-order valence-electron chi connectivity index (χ1n) is 5.84. The van der Waals surface area contributed by atoms with Crippen LogP contribution in [0.15, 0.2) is 35.5 Å². The summed E-state index contributed by atoms with van der Waals surface area (Å²) in [6.07, 6.45) is 0. The van der Waals surface area contributed by atoms with Gasteiger partial charge in [-0.25, -0.2) is 0 Å². The van der Waals surface area contributed by atoms with E-state index in [4.69, 9.17) is 10.1 Å². The molecule has 1 saturated heterocycles. The van der Waals surface area contributed by atoms with Gasteiger partial charge in [-0.3, -0.25) is 4.79 Å². The predicted molar refractivity (Wildman–Crippen MR) is 73.3 cm³/mol. The summed E-state index contributed by atoms with van der Waals surface area (Å²) in [4.78, 5) is 18.6. The van der Waals surface area contributed by atoms with Crippen LogP contribution in [0.1, 0.15) is 5.56 Å². The minimum Gasteiger partial charge on any atom is -0.379 e. The molecular formula is C13H13N3O2S. The van der Waals surface area contributed by atoms with Crippen LogP contribution in [0.2, 0.25) is 0 Å². The van der Waals surface area contributed by atoms with Gasteiger partial charge in [0.2, 0.25) is 11.7 Å². The zero-order valence-electron chi connectivity index (χ0n) is 10.3. The maximum Gasteiger partial charge on any atom is 0.282 e. The number of oxime groups is 1. The zero-order valence-corrected chi connectivity index (χ0v) is 11.1. The van der Waals surface area contributed by atoms with Gasteiger partial charge in [-0.1, -0.05) is 47.2 Å². The van der Waals surface area contributed by atoms with E-state index in [2.05, 4.69) is 5.16 Å². The van der Waals surface area contributed by atoms with Crippen molar-refractivity contribution in [2.75, 3.05) is 18.9 Å². The average molecular weight is 275 g/mol. The molecule has 0 spiro atoms. The van der Waals surface area contributed by atoms with E-state index in [0.29, 0.717) is 18.1 Å².